The molecule has 3 rings (SSSR count). The molecule has 0 saturated carbocycles. The van der Waals surface area contributed by atoms with E-state index in [9.17, 15) is 18.8 Å². The van der Waals surface area contributed by atoms with E-state index in [-0.39, 0.29) is 5.69 Å². The zero-order valence-electron chi connectivity index (χ0n) is 10.2. The van der Waals surface area contributed by atoms with Crippen molar-refractivity contribution in [3.05, 3.63) is 29.6 Å². The number of halogens is 1. The molecule has 0 radical (unpaired) electrons. The number of fused-ring (bicyclic) bond motifs is 2. The summed E-state index contributed by atoms with van der Waals surface area (Å²) in [6, 6.07) is 3.47. The average molecular weight is 279 g/mol. The van der Waals surface area contributed by atoms with Gasteiger partial charge < -0.3 is 9.84 Å². The second kappa shape index (κ2) is 4.38. The molecule has 2 atom stereocenters. The van der Waals surface area contributed by atoms with E-state index in [2.05, 4.69) is 0 Å². The van der Waals surface area contributed by atoms with Crippen LogP contribution in [0.5, 0.6) is 0 Å². The van der Waals surface area contributed by atoms with Crippen LogP contribution in [0.25, 0.3) is 0 Å². The van der Waals surface area contributed by atoms with Crippen molar-refractivity contribution in [1.29, 1.82) is 0 Å². The molecule has 0 aliphatic carbocycles. The van der Waals surface area contributed by atoms with Gasteiger partial charge in [0.2, 0.25) is 0 Å². The summed E-state index contributed by atoms with van der Waals surface area (Å²) in [6.45, 7) is 0. The van der Waals surface area contributed by atoms with Crippen LogP contribution in [0.3, 0.4) is 0 Å². The highest BCUT2D eigenvalue weighted by molar-refractivity contribution is 6.21. The Morgan fingerprint density at radius 3 is 2.40 bits per heavy atom. The van der Waals surface area contributed by atoms with Crippen LogP contribution in [0.4, 0.5) is 10.1 Å². The Morgan fingerprint density at radius 2 is 1.85 bits per heavy atom. The van der Waals surface area contributed by atoms with Crippen LogP contribution in [0.1, 0.15) is 23.2 Å². The summed E-state index contributed by atoms with van der Waals surface area (Å²) in [5.74, 6) is -3.80. The van der Waals surface area contributed by atoms with Gasteiger partial charge in [-0.1, -0.05) is 6.07 Å². The van der Waals surface area contributed by atoms with Crippen molar-refractivity contribution in [2.45, 2.75) is 25.0 Å². The zero-order valence-corrected chi connectivity index (χ0v) is 10.2. The van der Waals surface area contributed by atoms with Gasteiger partial charge in [0.15, 0.2) is 0 Å². The average Bonchev–Trinajstić information content (AvgIpc) is 2.83. The van der Waals surface area contributed by atoms with Crippen LogP contribution >= 0.6 is 0 Å². The third-order valence-corrected chi connectivity index (χ3v) is 3.46. The number of hydrogen-bond acceptors (Lipinski definition) is 4. The Balaban J connectivity index is 2.13. The van der Waals surface area contributed by atoms with Crippen molar-refractivity contribution in [3.8, 4) is 0 Å². The first-order valence-corrected chi connectivity index (χ1v) is 6.06. The van der Waals surface area contributed by atoms with E-state index < -0.39 is 41.4 Å². The van der Waals surface area contributed by atoms with Gasteiger partial charge >= 0.3 is 5.97 Å². The molecule has 104 valence electrons. The number of carboxylic acid groups (broad SMARTS) is 1. The molecule has 2 unspecified atom stereocenters. The maximum atomic E-state index is 13.7. The number of carbonyl (C=O) groups is 3. The Kier molecular flexibility index (Phi) is 2.79. The van der Waals surface area contributed by atoms with Crippen LogP contribution in [-0.2, 0) is 14.3 Å². The van der Waals surface area contributed by atoms with Crippen molar-refractivity contribution in [2.24, 2.45) is 0 Å². The third-order valence-electron chi connectivity index (χ3n) is 3.46. The molecule has 2 fully saturated rings. The number of rotatable bonds is 2. The highest BCUT2D eigenvalue weighted by atomic mass is 19.1. The minimum absolute atomic E-state index is 0.243. The van der Waals surface area contributed by atoms with E-state index >= 15 is 0 Å². The topological polar surface area (TPSA) is 83.9 Å². The van der Waals surface area contributed by atoms with Crippen LogP contribution < -0.4 is 4.90 Å². The van der Waals surface area contributed by atoms with Crippen molar-refractivity contribution >= 4 is 23.5 Å². The molecule has 7 heteroatoms. The van der Waals surface area contributed by atoms with E-state index in [1.54, 1.807) is 0 Å². The maximum absolute atomic E-state index is 13.7. The van der Waals surface area contributed by atoms with Crippen molar-refractivity contribution in [3.63, 3.8) is 0 Å². The van der Waals surface area contributed by atoms with Gasteiger partial charge in [-0.3, -0.25) is 9.59 Å². The lowest BCUT2D eigenvalue weighted by Gasteiger charge is -2.30. The quantitative estimate of drug-likeness (QED) is 0.815. The molecule has 2 aliphatic heterocycles. The highest BCUT2D eigenvalue weighted by Gasteiger charge is 2.48. The third kappa shape index (κ3) is 1.70. The molecule has 6 nitrogen and oxygen atoms in total. The zero-order chi connectivity index (χ0) is 14.4. The molecule has 1 aromatic carbocycles. The minimum Gasteiger partial charge on any atom is -0.478 e. The fraction of sp³-hybridized carbons (Fsp3) is 0.308. The largest absolute Gasteiger partial charge is 0.478 e. The van der Waals surface area contributed by atoms with Crippen molar-refractivity contribution in [1.82, 2.24) is 0 Å². The van der Waals surface area contributed by atoms with Crippen LogP contribution in [0, 0.1) is 5.82 Å². The number of hydrogen-bond donors (Lipinski definition) is 1. The molecule has 20 heavy (non-hydrogen) atoms. The number of carbonyl (C=O) groups excluding carboxylic acids is 2. The lowest BCUT2D eigenvalue weighted by Crippen LogP contribution is -2.52. The second-order valence-electron chi connectivity index (χ2n) is 4.64. The smallest absolute Gasteiger partial charge is 0.340 e. The number of benzene rings is 1. The molecule has 2 bridgehead atoms. The molecule has 1 N–H and O–H groups in total. The number of aromatic carboxylic acids is 1. The number of nitrogens with zero attached hydrogens (tertiary/aromatic N) is 1. The lowest BCUT2D eigenvalue weighted by molar-refractivity contribution is -0.146. The van der Waals surface area contributed by atoms with Gasteiger partial charge in [-0.25, -0.2) is 14.1 Å². The van der Waals surface area contributed by atoms with Gasteiger partial charge in [-0.05, 0) is 25.0 Å². The summed E-state index contributed by atoms with van der Waals surface area (Å²) in [5, 5.41) is 9.08. The maximum Gasteiger partial charge on any atom is 0.340 e. The van der Waals surface area contributed by atoms with Crippen LogP contribution in [0.2, 0.25) is 0 Å². The number of morpholine rings is 1. The molecule has 0 aromatic heterocycles. The normalized spacial score (nSPS) is 25.1. The molecule has 2 heterocycles. The van der Waals surface area contributed by atoms with E-state index in [0.29, 0.717) is 12.8 Å². The first-order valence-electron chi connectivity index (χ1n) is 6.06. The van der Waals surface area contributed by atoms with Gasteiger partial charge in [0.05, 0.1) is 5.69 Å². The predicted molar refractivity (Wildman–Crippen MR) is 63.7 cm³/mol. The van der Waals surface area contributed by atoms with Gasteiger partial charge in [0.1, 0.15) is 23.6 Å². The van der Waals surface area contributed by atoms with Gasteiger partial charge in [0, 0.05) is 0 Å². The summed E-state index contributed by atoms with van der Waals surface area (Å²) in [5.41, 5.74) is -0.928. The number of amides is 2. The van der Waals surface area contributed by atoms with Crippen LogP contribution in [0.15, 0.2) is 18.2 Å². The minimum atomic E-state index is -1.53. The number of ether oxygens (including phenoxy) is 1. The number of imide groups is 1. The summed E-state index contributed by atoms with van der Waals surface area (Å²) in [7, 11) is 0. The molecular weight excluding hydrogens is 269 g/mol. The summed E-state index contributed by atoms with van der Waals surface area (Å²) < 4.78 is 18.9. The van der Waals surface area contributed by atoms with Gasteiger partial charge in [-0.2, -0.15) is 0 Å². The van der Waals surface area contributed by atoms with Gasteiger partial charge in [-0.15, -0.1) is 0 Å². The van der Waals surface area contributed by atoms with Crippen molar-refractivity contribution in [2.75, 3.05) is 4.90 Å². The predicted octanol–water partition coefficient (Wildman–Crippen LogP) is 0.945. The molecule has 1 aromatic rings. The van der Waals surface area contributed by atoms with Crippen molar-refractivity contribution < 1.29 is 28.6 Å². The summed E-state index contributed by atoms with van der Waals surface area (Å²) >= 11 is 0. The molecular formula is C13H10FNO5. The first-order chi connectivity index (χ1) is 9.50. The Hall–Kier alpha value is -2.28. The molecule has 2 saturated heterocycles. The number of carboxylic acids is 1. The molecule has 2 aliphatic rings. The standard InChI is InChI=1S/C13H10FNO5/c14-6-2-1-3-7(10(6)13(18)19)15-11(16)8-4-5-9(20-8)12(15)17/h1-3,8-9H,4-5H2,(H,18,19). The van der Waals surface area contributed by atoms with E-state index in [1.165, 1.54) is 12.1 Å². The summed E-state index contributed by atoms with van der Waals surface area (Å²) in [6.07, 6.45) is -0.711. The molecule has 0 spiro atoms. The SMILES string of the molecule is O=C(O)c1c(F)cccc1N1C(=O)C2CCC(O2)C1=O. The Labute approximate surface area is 112 Å². The monoisotopic (exact) mass is 279 g/mol. The molecule has 2 amide bonds. The Morgan fingerprint density at radius 1 is 1.25 bits per heavy atom. The van der Waals surface area contributed by atoms with E-state index in [0.717, 1.165) is 11.0 Å². The van der Waals surface area contributed by atoms with E-state index in [4.69, 9.17) is 9.84 Å². The lowest BCUT2D eigenvalue weighted by atomic mass is 10.1. The van der Waals surface area contributed by atoms with Crippen LogP contribution in [-0.4, -0.2) is 35.1 Å². The highest BCUT2D eigenvalue weighted by Crippen LogP contribution is 2.33. The number of anilines is 1. The van der Waals surface area contributed by atoms with E-state index in [1.807, 2.05) is 0 Å². The fourth-order valence-electron chi connectivity index (χ4n) is 2.55. The fourth-order valence-corrected chi connectivity index (χ4v) is 2.55. The first kappa shape index (κ1) is 12.7. The second-order valence-corrected chi connectivity index (χ2v) is 4.64. The summed E-state index contributed by atoms with van der Waals surface area (Å²) in [4.78, 5) is 36.2. The Bertz CT molecular complexity index is 607. The van der Waals surface area contributed by atoms with Gasteiger partial charge in [0.25, 0.3) is 11.8 Å².